The van der Waals surface area contributed by atoms with Gasteiger partial charge in [0.2, 0.25) is 0 Å². The summed E-state index contributed by atoms with van der Waals surface area (Å²) >= 11 is 0. The van der Waals surface area contributed by atoms with Gasteiger partial charge >= 0.3 is 5.97 Å². The number of carbonyl (C=O) groups excluding carboxylic acids is 1. The maximum atomic E-state index is 11.0. The molecule has 2 aromatic heterocycles. The number of pyridine rings is 1. The van der Waals surface area contributed by atoms with Gasteiger partial charge in [-0.2, -0.15) is 5.10 Å². The van der Waals surface area contributed by atoms with Gasteiger partial charge in [-0.3, -0.25) is 14.9 Å². The van der Waals surface area contributed by atoms with Crippen molar-refractivity contribution >= 4 is 5.97 Å². The highest BCUT2D eigenvalue weighted by Crippen LogP contribution is 2.19. The largest absolute Gasteiger partial charge is 0.469 e. The first-order valence-electron chi connectivity index (χ1n) is 6.51. The van der Waals surface area contributed by atoms with E-state index in [1.165, 1.54) is 7.11 Å². The molecule has 6 heteroatoms. The van der Waals surface area contributed by atoms with Crippen molar-refractivity contribution in [1.82, 2.24) is 20.5 Å². The molecule has 0 aliphatic carbocycles. The quantitative estimate of drug-likeness (QED) is 0.591. The van der Waals surface area contributed by atoms with E-state index in [1.54, 1.807) is 18.6 Å². The van der Waals surface area contributed by atoms with Crippen LogP contribution in [-0.2, 0) is 16.1 Å². The number of carbonyl (C=O) groups is 1. The summed E-state index contributed by atoms with van der Waals surface area (Å²) in [6.45, 7) is 1.45. The monoisotopic (exact) mass is 274 g/mol. The molecule has 2 rings (SSSR count). The number of hydrogen-bond acceptors (Lipinski definition) is 5. The lowest BCUT2D eigenvalue weighted by molar-refractivity contribution is -0.140. The molecule has 0 aliphatic rings. The Morgan fingerprint density at radius 1 is 1.45 bits per heavy atom. The molecule has 2 heterocycles. The summed E-state index contributed by atoms with van der Waals surface area (Å²) in [6.07, 6.45) is 6.53. The summed E-state index contributed by atoms with van der Waals surface area (Å²) in [5, 5.41) is 10.3. The second kappa shape index (κ2) is 7.40. The Hall–Kier alpha value is -2.21. The van der Waals surface area contributed by atoms with Gasteiger partial charge in [-0.05, 0) is 25.1 Å². The number of rotatable bonds is 7. The van der Waals surface area contributed by atoms with E-state index in [4.69, 9.17) is 0 Å². The van der Waals surface area contributed by atoms with Crippen molar-refractivity contribution in [2.24, 2.45) is 0 Å². The van der Waals surface area contributed by atoms with Crippen LogP contribution in [-0.4, -0.2) is 34.8 Å². The fourth-order valence-electron chi connectivity index (χ4n) is 1.89. The molecule has 0 saturated carbocycles. The summed E-state index contributed by atoms with van der Waals surface area (Å²) in [6, 6.07) is 3.88. The van der Waals surface area contributed by atoms with Crippen molar-refractivity contribution in [2.75, 3.05) is 13.7 Å². The lowest BCUT2D eigenvalue weighted by Crippen LogP contribution is -2.16. The standard InChI is InChI=1S/C14H18N4O2/c1-20-13(19)5-3-7-16-9-12-10-17-18-14(12)11-4-2-6-15-8-11/h2,4,6,8,10,16H,3,5,7,9H2,1H3,(H,17,18). The normalized spacial score (nSPS) is 10.4. The molecule has 0 atom stereocenters. The summed E-state index contributed by atoms with van der Waals surface area (Å²) < 4.78 is 4.59. The summed E-state index contributed by atoms with van der Waals surface area (Å²) in [5.41, 5.74) is 3.06. The van der Waals surface area contributed by atoms with Crippen molar-refractivity contribution in [3.05, 3.63) is 36.3 Å². The zero-order chi connectivity index (χ0) is 14.2. The first kappa shape index (κ1) is 14.2. The number of nitrogens with one attached hydrogen (secondary N) is 2. The van der Waals surface area contributed by atoms with Crippen LogP contribution >= 0.6 is 0 Å². The van der Waals surface area contributed by atoms with Crippen LogP contribution in [0.3, 0.4) is 0 Å². The van der Waals surface area contributed by atoms with Crippen molar-refractivity contribution in [1.29, 1.82) is 0 Å². The van der Waals surface area contributed by atoms with Crippen LogP contribution in [0.5, 0.6) is 0 Å². The number of aromatic nitrogens is 3. The fourth-order valence-corrected chi connectivity index (χ4v) is 1.89. The van der Waals surface area contributed by atoms with Gasteiger partial charge in [-0.25, -0.2) is 0 Å². The van der Waals surface area contributed by atoms with Gasteiger partial charge in [0.05, 0.1) is 19.0 Å². The molecule has 20 heavy (non-hydrogen) atoms. The SMILES string of the molecule is COC(=O)CCCNCc1cn[nH]c1-c1cccnc1. The predicted octanol–water partition coefficient (Wildman–Crippen LogP) is 1.51. The van der Waals surface area contributed by atoms with Crippen LogP contribution in [0.4, 0.5) is 0 Å². The Balaban J connectivity index is 1.83. The molecular weight excluding hydrogens is 256 g/mol. The van der Waals surface area contributed by atoms with Gasteiger partial charge in [0.1, 0.15) is 0 Å². The third-order valence-electron chi connectivity index (χ3n) is 2.95. The molecule has 6 nitrogen and oxygen atoms in total. The Kier molecular flexibility index (Phi) is 5.25. The van der Waals surface area contributed by atoms with Crippen LogP contribution in [0.25, 0.3) is 11.3 Å². The van der Waals surface area contributed by atoms with E-state index in [0.717, 1.165) is 29.8 Å². The van der Waals surface area contributed by atoms with Gasteiger partial charge in [-0.1, -0.05) is 0 Å². The summed E-state index contributed by atoms with van der Waals surface area (Å²) in [7, 11) is 1.40. The minimum Gasteiger partial charge on any atom is -0.469 e. The molecular formula is C14H18N4O2. The number of nitrogens with zero attached hydrogens (tertiary/aromatic N) is 2. The van der Waals surface area contributed by atoms with E-state index >= 15 is 0 Å². The van der Waals surface area contributed by atoms with E-state index in [2.05, 4.69) is 25.2 Å². The van der Waals surface area contributed by atoms with Gasteiger partial charge in [0.25, 0.3) is 0 Å². The minimum atomic E-state index is -0.175. The summed E-state index contributed by atoms with van der Waals surface area (Å²) in [5.74, 6) is -0.175. The highest BCUT2D eigenvalue weighted by atomic mass is 16.5. The Morgan fingerprint density at radius 2 is 2.35 bits per heavy atom. The molecule has 0 unspecified atom stereocenters. The topological polar surface area (TPSA) is 79.9 Å². The Labute approximate surface area is 117 Å². The number of methoxy groups -OCH3 is 1. The molecule has 2 aromatic rings. The molecule has 0 radical (unpaired) electrons. The number of H-pyrrole nitrogens is 1. The summed E-state index contributed by atoms with van der Waals surface area (Å²) in [4.78, 5) is 15.1. The van der Waals surface area contributed by atoms with Gasteiger partial charge in [-0.15, -0.1) is 0 Å². The van der Waals surface area contributed by atoms with Crippen LogP contribution < -0.4 is 5.32 Å². The molecule has 106 valence electrons. The second-order valence-corrected chi connectivity index (χ2v) is 4.37. The number of hydrogen-bond donors (Lipinski definition) is 2. The molecule has 0 aromatic carbocycles. The first-order valence-corrected chi connectivity index (χ1v) is 6.51. The smallest absolute Gasteiger partial charge is 0.305 e. The molecule has 0 saturated heterocycles. The molecule has 0 bridgehead atoms. The number of ether oxygens (including phenoxy) is 1. The molecule has 0 aliphatic heterocycles. The van der Waals surface area contributed by atoms with Crippen molar-refractivity contribution in [2.45, 2.75) is 19.4 Å². The third kappa shape index (κ3) is 3.89. The second-order valence-electron chi connectivity index (χ2n) is 4.37. The van der Waals surface area contributed by atoms with E-state index in [9.17, 15) is 4.79 Å². The Bertz CT molecular complexity index is 539. The molecule has 2 N–H and O–H groups in total. The van der Waals surface area contributed by atoms with Gasteiger partial charge in [0.15, 0.2) is 0 Å². The van der Waals surface area contributed by atoms with Crippen LogP contribution in [0, 0.1) is 0 Å². The maximum absolute atomic E-state index is 11.0. The van der Waals surface area contributed by atoms with Crippen LogP contribution in [0.15, 0.2) is 30.7 Å². The van der Waals surface area contributed by atoms with Crippen molar-refractivity contribution < 1.29 is 9.53 Å². The van der Waals surface area contributed by atoms with Gasteiger partial charge in [0, 0.05) is 36.5 Å². The highest BCUT2D eigenvalue weighted by Gasteiger charge is 2.07. The van der Waals surface area contributed by atoms with Gasteiger partial charge < -0.3 is 10.1 Å². The van der Waals surface area contributed by atoms with E-state index in [-0.39, 0.29) is 5.97 Å². The third-order valence-corrected chi connectivity index (χ3v) is 2.95. The lowest BCUT2D eigenvalue weighted by Gasteiger charge is -2.05. The van der Waals surface area contributed by atoms with Crippen molar-refractivity contribution in [3.63, 3.8) is 0 Å². The van der Waals surface area contributed by atoms with E-state index in [0.29, 0.717) is 13.0 Å². The minimum absolute atomic E-state index is 0.175. The molecule has 0 fully saturated rings. The number of esters is 1. The zero-order valence-electron chi connectivity index (χ0n) is 11.4. The number of aromatic amines is 1. The lowest BCUT2D eigenvalue weighted by atomic mass is 10.1. The Morgan fingerprint density at radius 3 is 3.10 bits per heavy atom. The van der Waals surface area contributed by atoms with E-state index in [1.807, 2.05) is 12.1 Å². The highest BCUT2D eigenvalue weighted by molar-refractivity contribution is 5.69. The molecule has 0 spiro atoms. The predicted molar refractivity (Wildman–Crippen MR) is 74.8 cm³/mol. The average molecular weight is 274 g/mol. The maximum Gasteiger partial charge on any atom is 0.305 e. The van der Waals surface area contributed by atoms with Crippen molar-refractivity contribution in [3.8, 4) is 11.3 Å². The average Bonchev–Trinajstić information content (AvgIpc) is 2.96. The van der Waals surface area contributed by atoms with Crippen LogP contribution in [0.1, 0.15) is 18.4 Å². The van der Waals surface area contributed by atoms with Crippen LogP contribution in [0.2, 0.25) is 0 Å². The fraction of sp³-hybridized carbons (Fsp3) is 0.357. The first-order chi connectivity index (χ1) is 9.81. The van der Waals surface area contributed by atoms with E-state index < -0.39 is 0 Å². The molecule has 0 amide bonds. The zero-order valence-corrected chi connectivity index (χ0v) is 11.4.